The largest absolute Gasteiger partial charge is 0.373 e. The van der Waals surface area contributed by atoms with E-state index in [1.54, 1.807) is 0 Å². The van der Waals surface area contributed by atoms with Crippen LogP contribution in [0.2, 0.25) is 0 Å². The average Bonchev–Trinajstić information content (AvgIpc) is 3.06. The summed E-state index contributed by atoms with van der Waals surface area (Å²) in [7, 11) is 0. The normalized spacial score (nSPS) is 32.4. The van der Waals surface area contributed by atoms with Gasteiger partial charge >= 0.3 is 0 Å². The van der Waals surface area contributed by atoms with Crippen LogP contribution in [0, 0.1) is 5.92 Å². The molecule has 20 heavy (non-hydrogen) atoms. The maximum Gasteiger partial charge on any atom is 0.109 e. The standard InChI is InChI=1S/C12H18N6O2/c1-7(2)3-8-4-18(17-14-8)10-6-20-11-9(15-16-13)5-19-12(10)11/h4,7,9-12H,3,5-6H2,1-2H3/t9-,10-,11+,12+/m0/s1. The zero-order valence-electron chi connectivity index (χ0n) is 11.6. The van der Waals surface area contributed by atoms with Crippen LogP contribution in [0.15, 0.2) is 11.3 Å². The molecule has 0 radical (unpaired) electrons. The first-order valence-electron chi connectivity index (χ1n) is 6.87. The number of hydrogen-bond acceptors (Lipinski definition) is 5. The highest BCUT2D eigenvalue weighted by molar-refractivity contribution is 5.02. The Bertz CT molecular complexity index is 524. The number of azide groups is 1. The van der Waals surface area contributed by atoms with Crippen molar-refractivity contribution in [1.82, 2.24) is 15.0 Å². The topological polar surface area (TPSA) is 97.9 Å². The molecule has 0 unspecified atom stereocenters. The molecular formula is C12H18N6O2. The van der Waals surface area contributed by atoms with Crippen LogP contribution in [0.4, 0.5) is 0 Å². The van der Waals surface area contributed by atoms with Crippen LogP contribution in [0.25, 0.3) is 10.4 Å². The van der Waals surface area contributed by atoms with E-state index >= 15 is 0 Å². The first-order valence-corrected chi connectivity index (χ1v) is 6.87. The van der Waals surface area contributed by atoms with Crippen LogP contribution in [-0.2, 0) is 15.9 Å². The van der Waals surface area contributed by atoms with E-state index in [9.17, 15) is 0 Å². The fourth-order valence-corrected chi connectivity index (χ4v) is 2.84. The van der Waals surface area contributed by atoms with Gasteiger partial charge in [-0.2, -0.15) is 0 Å². The van der Waals surface area contributed by atoms with Crippen molar-refractivity contribution in [2.24, 2.45) is 11.0 Å². The van der Waals surface area contributed by atoms with Gasteiger partial charge in [0.25, 0.3) is 0 Å². The smallest absolute Gasteiger partial charge is 0.109 e. The van der Waals surface area contributed by atoms with Gasteiger partial charge in [-0.25, -0.2) is 4.68 Å². The van der Waals surface area contributed by atoms with Crippen molar-refractivity contribution in [1.29, 1.82) is 0 Å². The molecule has 1 aromatic heterocycles. The monoisotopic (exact) mass is 278 g/mol. The summed E-state index contributed by atoms with van der Waals surface area (Å²) in [4.78, 5) is 2.84. The number of fused-ring (bicyclic) bond motifs is 1. The van der Waals surface area contributed by atoms with Crippen LogP contribution >= 0.6 is 0 Å². The molecule has 0 aliphatic carbocycles. The minimum absolute atomic E-state index is 0.00676. The number of aromatic nitrogens is 3. The summed E-state index contributed by atoms with van der Waals surface area (Å²) in [5, 5.41) is 12.1. The van der Waals surface area contributed by atoms with E-state index in [4.69, 9.17) is 15.0 Å². The Morgan fingerprint density at radius 2 is 2.25 bits per heavy atom. The van der Waals surface area contributed by atoms with Crippen LogP contribution in [0.1, 0.15) is 25.6 Å². The average molecular weight is 278 g/mol. The Hall–Kier alpha value is -1.63. The van der Waals surface area contributed by atoms with Gasteiger partial charge in [-0.05, 0) is 17.9 Å². The lowest BCUT2D eigenvalue weighted by Crippen LogP contribution is -2.29. The molecule has 0 N–H and O–H groups in total. The quantitative estimate of drug-likeness (QED) is 0.473. The summed E-state index contributed by atoms with van der Waals surface area (Å²) in [6.07, 6.45) is 2.58. The molecule has 0 saturated carbocycles. The van der Waals surface area contributed by atoms with Crippen LogP contribution in [0.3, 0.4) is 0 Å². The zero-order chi connectivity index (χ0) is 14.1. The molecule has 3 rings (SSSR count). The third kappa shape index (κ3) is 2.37. The van der Waals surface area contributed by atoms with Gasteiger partial charge in [-0.1, -0.05) is 24.2 Å². The van der Waals surface area contributed by atoms with Gasteiger partial charge in [0.2, 0.25) is 0 Å². The highest BCUT2D eigenvalue weighted by Crippen LogP contribution is 2.35. The second-order valence-electron chi connectivity index (χ2n) is 5.72. The molecule has 1 aromatic rings. The zero-order valence-corrected chi connectivity index (χ0v) is 11.6. The molecule has 0 bridgehead atoms. The third-order valence-corrected chi connectivity index (χ3v) is 3.72. The lowest BCUT2D eigenvalue weighted by molar-refractivity contribution is 0.0627. The number of rotatable bonds is 4. The molecule has 0 aromatic carbocycles. The minimum atomic E-state index is -0.242. The van der Waals surface area contributed by atoms with Crippen molar-refractivity contribution in [3.8, 4) is 0 Å². The van der Waals surface area contributed by atoms with Crippen molar-refractivity contribution < 1.29 is 9.47 Å². The predicted octanol–water partition coefficient (Wildman–Crippen LogP) is 1.49. The van der Waals surface area contributed by atoms with E-state index in [0.717, 1.165) is 12.1 Å². The van der Waals surface area contributed by atoms with E-state index in [0.29, 0.717) is 19.1 Å². The van der Waals surface area contributed by atoms with E-state index < -0.39 is 0 Å². The summed E-state index contributed by atoms with van der Waals surface area (Å²) in [5.41, 5.74) is 9.52. The highest BCUT2D eigenvalue weighted by Gasteiger charge is 2.48. The predicted molar refractivity (Wildman–Crippen MR) is 70.0 cm³/mol. The third-order valence-electron chi connectivity index (χ3n) is 3.72. The number of nitrogens with zero attached hydrogens (tertiary/aromatic N) is 6. The van der Waals surface area contributed by atoms with Crippen LogP contribution in [0.5, 0.6) is 0 Å². The molecule has 2 saturated heterocycles. The molecule has 2 aliphatic rings. The summed E-state index contributed by atoms with van der Waals surface area (Å²) in [5.74, 6) is 0.546. The van der Waals surface area contributed by atoms with E-state index in [1.165, 1.54) is 0 Å². The Morgan fingerprint density at radius 1 is 1.45 bits per heavy atom. The summed E-state index contributed by atoms with van der Waals surface area (Å²) >= 11 is 0. The fraction of sp³-hybridized carbons (Fsp3) is 0.833. The lowest BCUT2D eigenvalue weighted by atomic mass is 10.1. The molecule has 2 fully saturated rings. The summed E-state index contributed by atoms with van der Waals surface area (Å²) in [6.45, 7) is 5.22. The first kappa shape index (κ1) is 13.4. The molecule has 8 heteroatoms. The van der Waals surface area contributed by atoms with Gasteiger partial charge in [0.1, 0.15) is 12.1 Å². The molecule has 0 spiro atoms. The molecule has 2 aliphatic heterocycles. The van der Waals surface area contributed by atoms with Crippen molar-refractivity contribution in [2.45, 2.75) is 44.6 Å². The van der Waals surface area contributed by atoms with Crippen LogP contribution < -0.4 is 0 Å². The Morgan fingerprint density at radius 3 is 3.00 bits per heavy atom. The Labute approximate surface area is 116 Å². The van der Waals surface area contributed by atoms with Gasteiger partial charge in [0, 0.05) is 11.1 Å². The van der Waals surface area contributed by atoms with Crippen molar-refractivity contribution >= 4 is 0 Å². The maximum atomic E-state index is 8.54. The lowest BCUT2D eigenvalue weighted by Gasteiger charge is -2.15. The fourth-order valence-electron chi connectivity index (χ4n) is 2.84. The van der Waals surface area contributed by atoms with Crippen molar-refractivity contribution in [3.05, 3.63) is 22.3 Å². The van der Waals surface area contributed by atoms with Gasteiger partial charge in [-0.3, -0.25) is 0 Å². The molecule has 8 nitrogen and oxygen atoms in total. The Balaban J connectivity index is 1.73. The summed E-state index contributed by atoms with van der Waals surface area (Å²) < 4.78 is 13.3. The van der Waals surface area contributed by atoms with Gasteiger partial charge in [0.15, 0.2) is 0 Å². The minimum Gasteiger partial charge on any atom is -0.373 e. The molecule has 4 atom stereocenters. The highest BCUT2D eigenvalue weighted by atomic mass is 16.6. The van der Waals surface area contributed by atoms with Gasteiger partial charge < -0.3 is 9.47 Å². The van der Waals surface area contributed by atoms with Crippen LogP contribution in [-0.4, -0.2) is 46.5 Å². The van der Waals surface area contributed by atoms with E-state index in [2.05, 4.69) is 34.2 Å². The number of hydrogen-bond donors (Lipinski definition) is 0. The molecule has 0 amide bonds. The number of ether oxygens (including phenoxy) is 2. The molecule has 3 heterocycles. The van der Waals surface area contributed by atoms with Crippen molar-refractivity contribution in [2.75, 3.05) is 13.2 Å². The molecular weight excluding hydrogens is 260 g/mol. The van der Waals surface area contributed by atoms with E-state index in [1.807, 2.05) is 10.9 Å². The SMILES string of the molecule is CC(C)Cc1cn([C@H]2CO[C@H]3[C@@H]2OC[C@@H]3N=[N+]=[N-])nn1. The Kier molecular flexibility index (Phi) is 3.60. The van der Waals surface area contributed by atoms with Gasteiger partial charge in [-0.15, -0.1) is 5.10 Å². The molecule has 108 valence electrons. The second kappa shape index (κ2) is 5.40. The maximum absolute atomic E-state index is 8.54. The van der Waals surface area contributed by atoms with Crippen molar-refractivity contribution in [3.63, 3.8) is 0 Å². The van der Waals surface area contributed by atoms with E-state index in [-0.39, 0.29) is 24.3 Å². The first-order chi connectivity index (χ1) is 9.69. The summed E-state index contributed by atoms with van der Waals surface area (Å²) in [6, 6.07) is -0.235. The second-order valence-corrected chi connectivity index (χ2v) is 5.72. The van der Waals surface area contributed by atoms with Gasteiger partial charge in [0.05, 0.1) is 31.1 Å².